The van der Waals surface area contributed by atoms with Gasteiger partial charge < -0.3 is 15.0 Å². The molecule has 0 radical (unpaired) electrons. The molecule has 1 saturated heterocycles. The molecule has 1 aromatic carbocycles. The van der Waals surface area contributed by atoms with Gasteiger partial charge in [0.25, 0.3) is 0 Å². The molecule has 21 heavy (non-hydrogen) atoms. The number of anilines is 1. The molecule has 0 aliphatic carbocycles. The van der Waals surface area contributed by atoms with E-state index in [-0.39, 0.29) is 11.2 Å². The number of hydrogen-bond acceptors (Lipinski definition) is 3. The van der Waals surface area contributed by atoms with E-state index in [9.17, 15) is 4.39 Å². The molecule has 116 valence electrons. The molecule has 1 fully saturated rings. The van der Waals surface area contributed by atoms with E-state index in [1.54, 1.807) is 12.1 Å². The van der Waals surface area contributed by atoms with Crippen LogP contribution in [0.25, 0.3) is 0 Å². The quantitative estimate of drug-likeness (QED) is 0.903. The van der Waals surface area contributed by atoms with Gasteiger partial charge in [-0.2, -0.15) is 0 Å². The summed E-state index contributed by atoms with van der Waals surface area (Å²) in [5, 5.41) is 3.49. The molecule has 0 spiro atoms. The van der Waals surface area contributed by atoms with Crippen molar-refractivity contribution in [3.8, 4) is 0 Å². The van der Waals surface area contributed by atoms with Gasteiger partial charge in [0.1, 0.15) is 5.82 Å². The van der Waals surface area contributed by atoms with Crippen molar-refractivity contribution in [3.63, 3.8) is 0 Å². The topological polar surface area (TPSA) is 24.5 Å². The number of rotatable bonds is 5. The van der Waals surface area contributed by atoms with Crippen molar-refractivity contribution < 1.29 is 9.13 Å². The van der Waals surface area contributed by atoms with Crippen LogP contribution < -0.4 is 10.2 Å². The largest absolute Gasteiger partial charge is 0.381 e. The molecule has 0 aromatic heterocycles. The van der Waals surface area contributed by atoms with Gasteiger partial charge in [-0.25, -0.2) is 4.39 Å². The summed E-state index contributed by atoms with van der Waals surface area (Å²) >= 11 is 0. The Morgan fingerprint density at radius 1 is 1.43 bits per heavy atom. The predicted octanol–water partition coefficient (Wildman–Crippen LogP) is 2.59. The molecule has 3 rings (SSSR count). The van der Waals surface area contributed by atoms with E-state index in [1.807, 2.05) is 6.07 Å². The van der Waals surface area contributed by atoms with Crippen molar-refractivity contribution in [2.75, 3.05) is 44.3 Å². The van der Waals surface area contributed by atoms with Crippen LogP contribution in [0, 0.1) is 11.2 Å². The van der Waals surface area contributed by atoms with Crippen LogP contribution in [0.4, 0.5) is 10.1 Å². The fraction of sp³-hybridized carbons (Fsp3) is 0.647. The zero-order chi connectivity index (χ0) is 14.7. The van der Waals surface area contributed by atoms with Crippen LogP contribution >= 0.6 is 0 Å². The maximum Gasteiger partial charge on any atom is 0.125 e. The van der Waals surface area contributed by atoms with Gasteiger partial charge in [-0.3, -0.25) is 0 Å². The fourth-order valence-electron chi connectivity index (χ4n) is 3.61. The number of nitrogens with zero attached hydrogens (tertiary/aromatic N) is 1. The molecule has 1 N–H and O–H groups in total. The van der Waals surface area contributed by atoms with Gasteiger partial charge in [0, 0.05) is 37.3 Å². The number of nitrogens with one attached hydrogen (secondary N) is 1. The molecule has 2 aliphatic rings. The summed E-state index contributed by atoms with van der Waals surface area (Å²) in [7, 11) is 0. The van der Waals surface area contributed by atoms with Crippen LogP contribution in [0.5, 0.6) is 0 Å². The third kappa shape index (κ3) is 3.22. The first-order valence-electron chi connectivity index (χ1n) is 8.04. The average Bonchev–Trinajstić information content (AvgIpc) is 2.88. The Morgan fingerprint density at radius 3 is 3.10 bits per heavy atom. The number of ether oxygens (including phenoxy) is 1. The molecule has 2 heterocycles. The van der Waals surface area contributed by atoms with E-state index in [1.165, 1.54) is 12.0 Å². The van der Waals surface area contributed by atoms with Crippen molar-refractivity contribution >= 4 is 5.69 Å². The Bertz CT molecular complexity index is 486. The Morgan fingerprint density at radius 2 is 2.33 bits per heavy atom. The summed E-state index contributed by atoms with van der Waals surface area (Å²) in [6, 6.07) is 5.19. The molecule has 1 unspecified atom stereocenters. The summed E-state index contributed by atoms with van der Waals surface area (Å²) in [5.74, 6) is -0.138. The van der Waals surface area contributed by atoms with Gasteiger partial charge in [-0.05, 0) is 43.5 Å². The summed E-state index contributed by atoms with van der Waals surface area (Å²) in [6.45, 7) is 7.72. The summed E-state index contributed by atoms with van der Waals surface area (Å²) in [5.41, 5.74) is 2.51. The smallest absolute Gasteiger partial charge is 0.125 e. The van der Waals surface area contributed by atoms with E-state index >= 15 is 0 Å². The van der Waals surface area contributed by atoms with Crippen LogP contribution in [0.2, 0.25) is 0 Å². The molecule has 0 amide bonds. The zero-order valence-corrected chi connectivity index (χ0v) is 12.8. The highest BCUT2D eigenvalue weighted by Gasteiger charge is 2.36. The molecule has 2 aliphatic heterocycles. The minimum Gasteiger partial charge on any atom is -0.381 e. The highest BCUT2D eigenvalue weighted by atomic mass is 19.1. The van der Waals surface area contributed by atoms with Gasteiger partial charge in [-0.1, -0.05) is 13.0 Å². The third-order valence-corrected chi connectivity index (χ3v) is 4.72. The second-order valence-electron chi connectivity index (χ2n) is 6.38. The number of hydrogen-bond donors (Lipinski definition) is 1. The van der Waals surface area contributed by atoms with Crippen molar-refractivity contribution in [2.24, 2.45) is 5.41 Å². The molecule has 4 heteroatoms. The Hall–Kier alpha value is -1.13. The maximum absolute atomic E-state index is 13.5. The highest BCUT2D eigenvalue weighted by Crippen LogP contribution is 2.35. The predicted molar refractivity (Wildman–Crippen MR) is 83.3 cm³/mol. The van der Waals surface area contributed by atoms with Gasteiger partial charge in [0.15, 0.2) is 0 Å². The van der Waals surface area contributed by atoms with E-state index in [0.717, 1.165) is 57.9 Å². The fourth-order valence-corrected chi connectivity index (χ4v) is 3.61. The minimum absolute atomic E-state index is 0.138. The number of benzene rings is 1. The Balaban J connectivity index is 1.76. The van der Waals surface area contributed by atoms with Crippen LogP contribution in [-0.4, -0.2) is 39.4 Å². The van der Waals surface area contributed by atoms with Crippen LogP contribution in [0.15, 0.2) is 18.2 Å². The molecule has 3 nitrogen and oxygen atoms in total. The lowest BCUT2D eigenvalue weighted by Crippen LogP contribution is -2.48. The van der Waals surface area contributed by atoms with Gasteiger partial charge >= 0.3 is 0 Å². The molecule has 1 atom stereocenters. The summed E-state index contributed by atoms with van der Waals surface area (Å²) in [4.78, 5) is 2.35. The van der Waals surface area contributed by atoms with E-state index in [2.05, 4.69) is 17.1 Å². The summed E-state index contributed by atoms with van der Waals surface area (Å²) in [6.07, 6.45) is 3.32. The lowest BCUT2D eigenvalue weighted by atomic mass is 9.81. The first-order chi connectivity index (χ1) is 10.2. The van der Waals surface area contributed by atoms with Crippen LogP contribution in [0.3, 0.4) is 0 Å². The van der Waals surface area contributed by atoms with Crippen LogP contribution in [-0.2, 0) is 11.2 Å². The third-order valence-electron chi connectivity index (χ3n) is 4.72. The first kappa shape index (κ1) is 14.8. The van der Waals surface area contributed by atoms with Crippen molar-refractivity contribution in [2.45, 2.75) is 26.2 Å². The van der Waals surface area contributed by atoms with E-state index in [0.29, 0.717) is 0 Å². The molecule has 0 saturated carbocycles. The normalized spacial score (nSPS) is 25.1. The molecule has 1 aromatic rings. The van der Waals surface area contributed by atoms with E-state index in [4.69, 9.17) is 4.74 Å². The Labute approximate surface area is 126 Å². The Kier molecular flexibility index (Phi) is 4.45. The average molecular weight is 292 g/mol. The van der Waals surface area contributed by atoms with Gasteiger partial charge in [0.05, 0.1) is 6.61 Å². The van der Waals surface area contributed by atoms with Crippen LogP contribution in [0.1, 0.15) is 25.3 Å². The standard InChI is InChI=1S/C17H25FN2O/c1-2-19-11-17(7-3-9-21-13-17)12-20-8-6-14-4-5-15(18)10-16(14)20/h4-5,10,19H,2-3,6-9,11-13H2,1H3. The molecular weight excluding hydrogens is 267 g/mol. The number of fused-ring (bicyclic) bond motifs is 1. The van der Waals surface area contributed by atoms with Crippen molar-refractivity contribution in [1.82, 2.24) is 5.32 Å². The SMILES string of the molecule is CCNCC1(CN2CCc3ccc(F)cc32)CCCOC1. The molecular formula is C17H25FN2O. The lowest BCUT2D eigenvalue weighted by Gasteiger charge is -2.40. The van der Waals surface area contributed by atoms with Crippen molar-refractivity contribution in [3.05, 3.63) is 29.6 Å². The van der Waals surface area contributed by atoms with Crippen molar-refractivity contribution in [1.29, 1.82) is 0 Å². The summed E-state index contributed by atoms with van der Waals surface area (Å²) < 4.78 is 19.3. The maximum atomic E-state index is 13.5. The number of halogens is 1. The van der Waals surface area contributed by atoms with Gasteiger partial charge in [-0.15, -0.1) is 0 Å². The molecule has 0 bridgehead atoms. The zero-order valence-electron chi connectivity index (χ0n) is 12.8. The highest BCUT2D eigenvalue weighted by molar-refractivity contribution is 5.58. The monoisotopic (exact) mass is 292 g/mol. The van der Waals surface area contributed by atoms with E-state index < -0.39 is 0 Å². The van der Waals surface area contributed by atoms with Gasteiger partial charge in [0.2, 0.25) is 0 Å². The second kappa shape index (κ2) is 6.32. The second-order valence-corrected chi connectivity index (χ2v) is 6.38. The minimum atomic E-state index is -0.138. The lowest BCUT2D eigenvalue weighted by molar-refractivity contribution is -0.00280. The first-order valence-corrected chi connectivity index (χ1v) is 8.04.